The maximum Gasteiger partial charge on any atom is 0.231 e. The number of hydrogen-bond donors (Lipinski definition) is 0. The number of ketones is 1. The van der Waals surface area contributed by atoms with Crippen molar-refractivity contribution in [3.63, 3.8) is 0 Å². The van der Waals surface area contributed by atoms with Crippen molar-refractivity contribution in [1.82, 2.24) is 0 Å². The van der Waals surface area contributed by atoms with E-state index < -0.39 is 0 Å². The molecule has 0 saturated carbocycles. The van der Waals surface area contributed by atoms with Crippen LogP contribution in [0.1, 0.15) is 23.7 Å². The molecule has 0 spiro atoms. The zero-order chi connectivity index (χ0) is 12.4. The van der Waals surface area contributed by atoms with E-state index in [1.54, 1.807) is 19.1 Å². The summed E-state index contributed by atoms with van der Waals surface area (Å²) in [6.07, 6.45) is 0.211. The van der Waals surface area contributed by atoms with E-state index in [-0.39, 0.29) is 24.9 Å². The molecule has 0 amide bonds. The number of carbonyl (C=O) groups is 1. The molecule has 1 aliphatic rings. The van der Waals surface area contributed by atoms with E-state index >= 15 is 0 Å². The SMILES string of the molecule is CC(C#N)CC(=O)c1cc(Br)c2c(c1)OCO2. The number of halogens is 1. The molecule has 2 rings (SSSR count). The van der Waals surface area contributed by atoms with E-state index in [1.165, 1.54) is 0 Å². The maximum absolute atomic E-state index is 11.9. The van der Waals surface area contributed by atoms with Crippen molar-refractivity contribution in [3.05, 3.63) is 22.2 Å². The van der Waals surface area contributed by atoms with Crippen LogP contribution in [-0.4, -0.2) is 12.6 Å². The van der Waals surface area contributed by atoms with Crippen molar-refractivity contribution in [2.75, 3.05) is 6.79 Å². The fourth-order valence-corrected chi connectivity index (χ4v) is 2.13. The highest BCUT2D eigenvalue weighted by molar-refractivity contribution is 9.10. The van der Waals surface area contributed by atoms with Crippen LogP contribution in [-0.2, 0) is 0 Å². The van der Waals surface area contributed by atoms with Gasteiger partial charge in [0.2, 0.25) is 6.79 Å². The average molecular weight is 296 g/mol. The minimum Gasteiger partial charge on any atom is -0.454 e. The van der Waals surface area contributed by atoms with Gasteiger partial charge >= 0.3 is 0 Å². The summed E-state index contributed by atoms with van der Waals surface area (Å²) in [5.41, 5.74) is 0.531. The first-order valence-electron chi connectivity index (χ1n) is 5.13. The molecule has 1 unspecified atom stereocenters. The second-order valence-corrected chi connectivity index (χ2v) is 4.70. The maximum atomic E-state index is 11.9. The fourth-order valence-electron chi connectivity index (χ4n) is 1.57. The van der Waals surface area contributed by atoms with Gasteiger partial charge in [-0.25, -0.2) is 0 Å². The summed E-state index contributed by atoms with van der Waals surface area (Å²) in [5, 5.41) is 8.68. The molecule has 88 valence electrons. The van der Waals surface area contributed by atoms with Crippen LogP contribution in [0.2, 0.25) is 0 Å². The largest absolute Gasteiger partial charge is 0.454 e. The summed E-state index contributed by atoms with van der Waals surface area (Å²) in [6, 6.07) is 5.39. The first-order valence-corrected chi connectivity index (χ1v) is 5.93. The number of carbonyl (C=O) groups excluding carboxylic acids is 1. The van der Waals surface area contributed by atoms with Gasteiger partial charge in [0.1, 0.15) is 0 Å². The third kappa shape index (κ3) is 2.42. The molecule has 0 fully saturated rings. The highest BCUT2D eigenvalue weighted by atomic mass is 79.9. The number of nitrogens with zero attached hydrogens (tertiary/aromatic N) is 1. The second-order valence-electron chi connectivity index (χ2n) is 3.85. The Labute approximate surface area is 107 Å². The van der Waals surface area contributed by atoms with Crippen LogP contribution in [0.5, 0.6) is 11.5 Å². The average Bonchev–Trinajstić information content (AvgIpc) is 2.77. The van der Waals surface area contributed by atoms with Crippen molar-refractivity contribution in [2.24, 2.45) is 5.92 Å². The van der Waals surface area contributed by atoms with E-state index in [2.05, 4.69) is 15.9 Å². The molecule has 1 atom stereocenters. The third-order valence-electron chi connectivity index (χ3n) is 2.46. The van der Waals surface area contributed by atoms with Gasteiger partial charge in [0.15, 0.2) is 17.3 Å². The van der Waals surface area contributed by atoms with Crippen LogP contribution in [0.3, 0.4) is 0 Å². The summed E-state index contributed by atoms with van der Waals surface area (Å²) < 4.78 is 11.2. The number of nitriles is 1. The molecule has 0 aromatic heterocycles. The molecule has 0 saturated heterocycles. The highest BCUT2D eigenvalue weighted by Gasteiger charge is 2.21. The van der Waals surface area contributed by atoms with Crippen molar-refractivity contribution < 1.29 is 14.3 Å². The number of rotatable bonds is 3. The Hall–Kier alpha value is -1.54. The Bertz CT molecular complexity index is 507. The first-order chi connectivity index (χ1) is 8.11. The molecule has 1 aromatic carbocycles. The van der Waals surface area contributed by atoms with Gasteiger partial charge in [-0.1, -0.05) is 0 Å². The van der Waals surface area contributed by atoms with E-state index in [0.717, 1.165) is 0 Å². The lowest BCUT2D eigenvalue weighted by Crippen LogP contribution is -2.04. The molecule has 17 heavy (non-hydrogen) atoms. The number of ether oxygens (including phenoxy) is 2. The molecule has 1 heterocycles. The zero-order valence-corrected chi connectivity index (χ0v) is 10.8. The normalized spacial score (nSPS) is 14.2. The van der Waals surface area contributed by atoms with Crippen LogP contribution in [0, 0.1) is 17.2 Å². The molecular weight excluding hydrogens is 286 g/mol. The fraction of sp³-hybridized carbons (Fsp3) is 0.333. The number of Topliss-reactive ketones (excluding diaryl/α,β-unsaturated/α-hetero) is 1. The predicted octanol–water partition coefficient (Wildman–Crippen LogP) is 2.91. The van der Waals surface area contributed by atoms with Crippen LogP contribution in [0.15, 0.2) is 16.6 Å². The lowest BCUT2D eigenvalue weighted by atomic mass is 10.0. The van der Waals surface area contributed by atoms with Gasteiger partial charge in [-0.15, -0.1) is 0 Å². The Balaban J connectivity index is 2.26. The molecule has 4 nitrogen and oxygen atoms in total. The molecule has 0 N–H and O–H groups in total. The van der Waals surface area contributed by atoms with Crippen LogP contribution < -0.4 is 9.47 Å². The second kappa shape index (κ2) is 4.76. The summed E-state index contributed by atoms with van der Waals surface area (Å²) in [4.78, 5) is 11.9. The van der Waals surface area contributed by atoms with Gasteiger partial charge in [0.05, 0.1) is 16.5 Å². The van der Waals surface area contributed by atoms with Crippen molar-refractivity contribution in [2.45, 2.75) is 13.3 Å². The molecule has 0 aliphatic carbocycles. The van der Waals surface area contributed by atoms with Gasteiger partial charge in [-0.2, -0.15) is 5.26 Å². The molecule has 5 heteroatoms. The third-order valence-corrected chi connectivity index (χ3v) is 3.05. The highest BCUT2D eigenvalue weighted by Crippen LogP contribution is 2.40. The molecule has 0 bridgehead atoms. The standard InChI is InChI=1S/C12H10BrNO3/c1-7(5-14)2-10(15)8-3-9(13)12-11(4-8)16-6-17-12/h3-4,7H,2,6H2,1H3. The molecular formula is C12H10BrNO3. The summed E-state index contributed by atoms with van der Waals surface area (Å²) >= 11 is 3.33. The van der Waals surface area contributed by atoms with Gasteiger partial charge in [0, 0.05) is 12.0 Å². The molecule has 0 radical (unpaired) electrons. The monoisotopic (exact) mass is 295 g/mol. The van der Waals surface area contributed by atoms with Gasteiger partial charge < -0.3 is 9.47 Å². The van der Waals surface area contributed by atoms with Crippen molar-refractivity contribution in [3.8, 4) is 17.6 Å². The van der Waals surface area contributed by atoms with Crippen molar-refractivity contribution >= 4 is 21.7 Å². The summed E-state index contributed by atoms with van der Waals surface area (Å²) in [7, 11) is 0. The van der Waals surface area contributed by atoms with E-state index in [0.29, 0.717) is 21.5 Å². The van der Waals surface area contributed by atoms with Gasteiger partial charge in [0.25, 0.3) is 0 Å². The number of benzene rings is 1. The van der Waals surface area contributed by atoms with Crippen LogP contribution >= 0.6 is 15.9 Å². The Morgan fingerprint density at radius 3 is 3.06 bits per heavy atom. The van der Waals surface area contributed by atoms with E-state index in [9.17, 15) is 4.79 Å². The van der Waals surface area contributed by atoms with Crippen LogP contribution in [0.25, 0.3) is 0 Å². The van der Waals surface area contributed by atoms with Gasteiger partial charge in [-0.3, -0.25) is 4.79 Å². The smallest absolute Gasteiger partial charge is 0.231 e. The number of hydrogen-bond acceptors (Lipinski definition) is 4. The summed E-state index contributed by atoms with van der Waals surface area (Å²) in [5.74, 6) is 0.826. The summed E-state index contributed by atoms with van der Waals surface area (Å²) in [6.45, 7) is 1.89. The number of fused-ring (bicyclic) bond motifs is 1. The van der Waals surface area contributed by atoms with Crippen LogP contribution in [0.4, 0.5) is 0 Å². The van der Waals surface area contributed by atoms with Crippen molar-refractivity contribution in [1.29, 1.82) is 5.26 Å². The quantitative estimate of drug-likeness (QED) is 0.805. The topological polar surface area (TPSA) is 59.3 Å². The lowest BCUT2D eigenvalue weighted by Gasteiger charge is -2.05. The minimum absolute atomic E-state index is 0.0712. The molecule has 1 aromatic rings. The minimum atomic E-state index is -0.285. The predicted molar refractivity (Wildman–Crippen MR) is 64.0 cm³/mol. The zero-order valence-electron chi connectivity index (χ0n) is 9.20. The molecule has 1 aliphatic heterocycles. The lowest BCUT2D eigenvalue weighted by molar-refractivity contribution is 0.0972. The Morgan fingerprint density at radius 2 is 2.35 bits per heavy atom. The Morgan fingerprint density at radius 1 is 1.59 bits per heavy atom. The Kier molecular flexibility index (Phi) is 3.34. The first kappa shape index (κ1) is 11.9. The van der Waals surface area contributed by atoms with Gasteiger partial charge in [-0.05, 0) is 35.0 Å². The van der Waals surface area contributed by atoms with E-state index in [4.69, 9.17) is 14.7 Å². The van der Waals surface area contributed by atoms with E-state index in [1.807, 2.05) is 6.07 Å².